The number of amides is 1. The van der Waals surface area contributed by atoms with Crippen molar-refractivity contribution in [3.8, 4) is 11.8 Å². The molecule has 0 bridgehead atoms. The first-order chi connectivity index (χ1) is 12.1. The second-order valence-electron chi connectivity index (χ2n) is 5.65. The third kappa shape index (κ3) is 6.00. The SMILES string of the molecule is CCCCCCC#Cc1cncc(C(=O)Nc2ccc(F)cc2F)c1. The highest BCUT2D eigenvalue weighted by Gasteiger charge is 2.10. The molecule has 0 saturated carbocycles. The van der Waals surface area contributed by atoms with Crippen LogP contribution in [0.1, 0.15) is 54.9 Å². The molecular weight excluding hydrogens is 322 g/mol. The summed E-state index contributed by atoms with van der Waals surface area (Å²) >= 11 is 0. The van der Waals surface area contributed by atoms with Crippen molar-refractivity contribution in [2.45, 2.75) is 39.0 Å². The van der Waals surface area contributed by atoms with E-state index in [1.54, 1.807) is 12.3 Å². The molecule has 0 aliphatic rings. The summed E-state index contributed by atoms with van der Waals surface area (Å²) in [6.45, 7) is 2.16. The van der Waals surface area contributed by atoms with Crippen LogP contribution in [0.4, 0.5) is 14.5 Å². The molecule has 0 aliphatic heterocycles. The predicted molar refractivity (Wildman–Crippen MR) is 94.2 cm³/mol. The summed E-state index contributed by atoms with van der Waals surface area (Å²) in [7, 11) is 0. The fourth-order valence-corrected chi connectivity index (χ4v) is 2.22. The molecule has 0 unspecified atom stereocenters. The molecule has 1 amide bonds. The third-order valence-corrected chi connectivity index (χ3v) is 3.57. The van der Waals surface area contributed by atoms with Gasteiger partial charge in [-0.2, -0.15) is 0 Å². The predicted octanol–water partition coefficient (Wildman–Crippen LogP) is 4.93. The topological polar surface area (TPSA) is 42.0 Å². The van der Waals surface area contributed by atoms with Crippen molar-refractivity contribution in [3.63, 3.8) is 0 Å². The zero-order valence-corrected chi connectivity index (χ0v) is 14.1. The maximum atomic E-state index is 13.6. The number of hydrogen-bond donors (Lipinski definition) is 1. The summed E-state index contributed by atoms with van der Waals surface area (Å²) in [5.74, 6) is 4.00. The summed E-state index contributed by atoms with van der Waals surface area (Å²) < 4.78 is 26.5. The Morgan fingerprint density at radius 3 is 2.76 bits per heavy atom. The van der Waals surface area contributed by atoms with E-state index in [2.05, 4.69) is 29.1 Å². The van der Waals surface area contributed by atoms with E-state index in [1.165, 1.54) is 25.1 Å². The average Bonchev–Trinajstić information content (AvgIpc) is 2.60. The van der Waals surface area contributed by atoms with E-state index in [9.17, 15) is 13.6 Å². The van der Waals surface area contributed by atoms with Crippen molar-refractivity contribution in [3.05, 3.63) is 59.4 Å². The highest BCUT2D eigenvalue weighted by Crippen LogP contribution is 2.16. The van der Waals surface area contributed by atoms with Crippen LogP contribution in [0.5, 0.6) is 0 Å². The van der Waals surface area contributed by atoms with Gasteiger partial charge in [-0.3, -0.25) is 9.78 Å². The van der Waals surface area contributed by atoms with Crippen molar-refractivity contribution in [2.75, 3.05) is 5.32 Å². The quantitative estimate of drug-likeness (QED) is 0.597. The summed E-state index contributed by atoms with van der Waals surface area (Å²) in [4.78, 5) is 16.2. The number of anilines is 1. The number of nitrogens with zero attached hydrogens (tertiary/aromatic N) is 1. The zero-order chi connectivity index (χ0) is 18.1. The summed E-state index contributed by atoms with van der Waals surface area (Å²) in [6, 6.07) is 4.57. The van der Waals surface area contributed by atoms with Crippen LogP contribution in [-0.2, 0) is 0 Å². The largest absolute Gasteiger partial charge is 0.319 e. The van der Waals surface area contributed by atoms with Crippen molar-refractivity contribution in [1.29, 1.82) is 0 Å². The normalized spacial score (nSPS) is 10.0. The van der Waals surface area contributed by atoms with E-state index in [4.69, 9.17) is 0 Å². The number of carbonyl (C=O) groups excluding carboxylic acids is 1. The van der Waals surface area contributed by atoms with Gasteiger partial charge in [0, 0.05) is 30.4 Å². The van der Waals surface area contributed by atoms with Crippen molar-refractivity contribution < 1.29 is 13.6 Å². The van der Waals surface area contributed by atoms with Crippen LogP contribution < -0.4 is 5.32 Å². The Balaban J connectivity index is 2.00. The van der Waals surface area contributed by atoms with Crippen LogP contribution in [0.2, 0.25) is 0 Å². The molecule has 0 atom stereocenters. The average molecular weight is 342 g/mol. The van der Waals surface area contributed by atoms with E-state index in [0.717, 1.165) is 25.3 Å². The molecule has 1 N–H and O–H groups in total. The van der Waals surface area contributed by atoms with Gasteiger partial charge in [-0.1, -0.05) is 38.0 Å². The fourth-order valence-electron chi connectivity index (χ4n) is 2.22. The minimum Gasteiger partial charge on any atom is -0.319 e. The number of rotatable bonds is 6. The van der Waals surface area contributed by atoms with Crippen molar-refractivity contribution >= 4 is 11.6 Å². The number of halogens is 2. The van der Waals surface area contributed by atoms with Crippen LogP contribution in [0.3, 0.4) is 0 Å². The number of benzene rings is 1. The van der Waals surface area contributed by atoms with E-state index >= 15 is 0 Å². The number of pyridine rings is 1. The Kier molecular flexibility index (Phi) is 7.09. The Bertz CT molecular complexity index is 794. The van der Waals surface area contributed by atoms with Gasteiger partial charge in [0.15, 0.2) is 0 Å². The molecular formula is C20H20F2N2O. The summed E-state index contributed by atoms with van der Waals surface area (Å²) in [6.07, 6.45) is 8.37. The smallest absolute Gasteiger partial charge is 0.257 e. The van der Waals surface area contributed by atoms with Crippen LogP contribution in [0, 0.1) is 23.5 Å². The Labute approximate surface area is 146 Å². The zero-order valence-electron chi connectivity index (χ0n) is 14.1. The van der Waals surface area contributed by atoms with Gasteiger partial charge in [0.1, 0.15) is 11.6 Å². The minimum absolute atomic E-state index is 0.0844. The van der Waals surface area contributed by atoms with Crippen LogP contribution in [0.15, 0.2) is 36.7 Å². The molecule has 0 aliphatic carbocycles. The number of aromatic nitrogens is 1. The van der Waals surface area contributed by atoms with Gasteiger partial charge in [-0.15, -0.1) is 0 Å². The van der Waals surface area contributed by atoms with E-state index in [0.29, 0.717) is 11.6 Å². The maximum Gasteiger partial charge on any atom is 0.257 e. The molecule has 0 fully saturated rings. The number of unbranched alkanes of at least 4 members (excludes halogenated alkanes) is 4. The Morgan fingerprint density at radius 2 is 2.00 bits per heavy atom. The van der Waals surface area contributed by atoms with E-state index < -0.39 is 17.5 Å². The molecule has 0 saturated heterocycles. The molecule has 0 radical (unpaired) electrons. The molecule has 1 aromatic heterocycles. The molecule has 1 heterocycles. The Morgan fingerprint density at radius 1 is 1.16 bits per heavy atom. The van der Waals surface area contributed by atoms with Gasteiger partial charge in [0.2, 0.25) is 0 Å². The van der Waals surface area contributed by atoms with Crippen LogP contribution in [-0.4, -0.2) is 10.9 Å². The maximum absolute atomic E-state index is 13.6. The lowest BCUT2D eigenvalue weighted by molar-refractivity contribution is 0.102. The third-order valence-electron chi connectivity index (χ3n) is 3.57. The van der Waals surface area contributed by atoms with E-state index in [-0.39, 0.29) is 11.3 Å². The van der Waals surface area contributed by atoms with Gasteiger partial charge in [0.05, 0.1) is 11.3 Å². The molecule has 2 rings (SSSR count). The summed E-state index contributed by atoms with van der Waals surface area (Å²) in [5.41, 5.74) is 0.808. The first-order valence-electron chi connectivity index (χ1n) is 8.30. The first-order valence-corrected chi connectivity index (χ1v) is 8.30. The van der Waals surface area contributed by atoms with Crippen molar-refractivity contribution in [2.24, 2.45) is 0 Å². The first kappa shape index (κ1) is 18.6. The molecule has 130 valence electrons. The highest BCUT2D eigenvalue weighted by molar-refractivity contribution is 6.04. The molecule has 0 spiro atoms. The monoisotopic (exact) mass is 342 g/mol. The van der Waals surface area contributed by atoms with Gasteiger partial charge in [-0.05, 0) is 24.6 Å². The Hall–Kier alpha value is -2.74. The minimum atomic E-state index is -0.829. The fraction of sp³-hybridized carbons (Fsp3) is 0.300. The number of hydrogen-bond acceptors (Lipinski definition) is 2. The molecule has 25 heavy (non-hydrogen) atoms. The van der Waals surface area contributed by atoms with Gasteiger partial charge in [-0.25, -0.2) is 8.78 Å². The lowest BCUT2D eigenvalue weighted by Gasteiger charge is -2.06. The lowest BCUT2D eigenvalue weighted by Crippen LogP contribution is -2.13. The van der Waals surface area contributed by atoms with Gasteiger partial charge < -0.3 is 5.32 Å². The molecule has 2 aromatic rings. The highest BCUT2D eigenvalue weighted by atomic mass is 19.1. The lowest BCUT2D eigenvalue weighted by atomic mass is 10.1. The van der Waals surface area contributed by atoms with Crippen molar-refractivity contribution in [1.82, 2.24) is 4.98 Å². The standard InChI is InChI=1S/C20H20F2N2O/c1-2-3-4-5-6-7-8-15-11-16(14-23-13-15)20(25)24-19-10-9-17(21)12-18(19)22/h9-14H,2-6H2,1H3,(H,24,25). The second kappa shape index (κ2) is 9.53. The number of nitrogens with one attached hydrogen (secondary N) is 1. The molecule has 5 heteroatoms. The molecule has 3 nitrogen and oxygen atoms in total. The van der Waals surface area contributed by atoms with Crippen LogP contribution in [0.25, 0.3) is 0 Å². The van der Waals surface area contributed by atoms with Gasteiger partial charge in [0.25, 0.3) is 5.91 Å². The molecule has 1 aromatic carbocycles. The number of carbonyl (C=O) groups is 1. The van der Waals surface area contributed by atoms with Gasteiger partial charge >= 0.3 is 0 Å². The second-order valence-corrected chi connectivity index (χ2v) is 5.65. The van der Waals surface area contributed by atoms with Crippen LogP contribution >= 0.6 is 0 Å². The van der Waals surface area contributed by atoms with E-state index in [1.807, 2.05) is 0 Å². The summed E-state index contributed by atoms with van der Waals surface area (Å²) in [5, 5.41) is 2.40.